The van der Waals surface area contributed by atoms with Crippen LogP contribution in [0.2, 0.25) is 0 Å². The highest BCUT2D eigenvalue weighted by Crippen LogP contribution is 2.15. The van der Waals surface area contributed by atoms with Crippen molar-refractivity contribution in [1.29, 1.82) is 0 Å². The highest BCUT2D eigenvalue weighted by atomic mass is 16.3. The Bertz CT molecular complexity index is 427. The van der Waals surface area contributed by atoms with E-state index in [9.17, 15) is 5.11 Å². The third-order valence-electron chi connectivity index (χ3n) is 2.34. The Morgan fingerprint density at radius 2 is 2.23 bits per heavy atom. The number of aryl methyl sites for hydroxylation is 2. The Balaban J connectivity index is 2.76. The smallest absolute Gasteiger partial charge is 0.141 e. The molecule has 0 aliphatic rings. The van der Waals surface area contributed by atoms with Gasteiger partial charge in [0.1, 0.15) is 5.65 Å². The Morgan fingerprint density at radius 1 is 1.46 bits per heavy atom. The molecule has 1 N–H and O–H groups in total. The molecule has 0 aliphatic heterocycles. The zero-order chi connectivity index (χ0) is 9.42. The first-order valence-electron chi connectivity index (χ1n) is 4.41. The van der Waals surface area contributed by atoms with E-state index < -0.39 is 0 Å². The highest BCUT2D eigenvalue weighted by Gasteiger charge is 2.11. The average Bonchev–Trinajstić information content (AvgIpc) is 2.62. The quantitative estimate of drug-likeness (QED) is 0.746. The SMILES string of the molecule is CCn1ccn2nc(C)c(CO)c12. The zero-order valence-electron chi connectivity index (χ0n) is 7.86. The van der Waals surface area contributed by atoms with Gasteiger partial charge in [-0.2, -0.15) is 5.10 Å². The van der Waals surface area contributed by atoms with Gasteiger partial charge in [-0.15, -0.1) is 0 Å². The number of hydrogen-bond donors (Lipinski definition) is 1. The lowest BCUT2D eigenvalue weighted by atomic mass is 10.3. The summed E-state index contributed by atoms with van der Waals surface area (Å²) in [6.07, 6.45) is 3.88. The summed E-state index contributed by atoms with van der Waals surface area (Å²) in [5, 5.41) is 13.5. The van der Waals surface area contributed by atoms with Crippen molar-refractivity contribution in [3.8, 4) is 0 Å². The number of hydrogen-bond acceptors (Lipinski definition) is 2. The molecule has 0 unspecified atom stereocenters. The maximum absolute atomic E-state index is 9.18. The number of imidazole rings is 1. The Labute approximate surface area is 76.4 Å². The minimum absolute atomic E-state index is 0.0549. The number of aromatic nitrogens is 3. The van der Waals surface area contributed by atoms with E-state index in [1.165, 1.54) is 0 Å². The van der Waals surface area contributed by atoms with Crippen LogP contribution in [0.15, 0.2) is 12.4 Å². The van der Waals surface area contributed by atoms with E-state index in [1.54, 1.807) is 0 Å². The molecule has 70 valence electrons. The first kappa shape index (κ1) is 8.31. The average molecular weight is 179 g/mol. The molecule has 2 aromatic rings. The van der Waals surface area contributed by atoms with Gasteiger partial charge in [-0.3, -0.25) is 0 Å². The van der Waals surface area contributed by atoms with Gasteiger partial charge >= 0.3 is 0 Å². The molecular weight excluding hydrogens is 166 g/mol. The lowest BCUT2D eigenvalue weighted by Gasteiger charge is -1.99. The van der Waals surface area contributed by atoms with Crippen LogP contribution in [-0.4, -0.2) is 19.3 Å². The van der Waals surface area contributed by atoms with Crippen LogP contribution in [0.1, 0.15) is 18.2 Å². The van der Waals surface area contributed by atoms with Gasteiger partial charge < -0.3 is 9.67 Å². The fraction of sp³-hybridized carbons (Fsp3) is 0.444. The summed E-state index contributed by atoms with van der Waals surface area (Å²) in [6.45, 7) is 4.94. The number of rotatable bonds is 2. The Hall–Kier alpha value is -1.29. The second kappa shape index (κ2) is 2.88. The third kappa shape index (κ3) is 1.06. The molecule has 2 rings (SSSR count). The molecular formula is C9H13N3O. The molecule has 4 heteroatoms. The van der Waals surface area contributed by atoms with Crippen LogP contribution in [0, 0.1) is 6.92 Å². The molecule has 2 aromatic heterocycles. The van der Waals surface area contributed by atoms with Crippen LogP contribution in [0.5, 0.6) is 0 Å². The molecule has 0 bridgehead atoms. The van der Waals surface area contributed by atoms with Gasteiger partial charge in [0.15, 0.2) is 0 Å². The van der Waals surface area contributed by atoms with Gasteiger partial charge in [0.25, 0.3) is 0 Å². The largest absolute Gasteiger partial charge is 0.391 e. The first-order chi connectivity index (χ1) is 6.27. The molecule has 0 fully saturated rings. The molecule has 0 aliphatic carbocycles. The molecule has 0 radical (unpaired) electrons. The molecule has 13 heavy (non-hydrogen) atoms. The monoisotopic (exact) mass is 179 g/mol. The van der Waals surface area contributed by atoms with Crippen molar-refractivity contribution in [2.75, 3.05) is 0 Å². The fourth-order valence-corrected chi connectivity index (χ4v) is 1.63. The van der Waals surface area contributed by atoms with Crippen LogP contribution >= 0.6 is 0 Å². The minimum Gasteiger partial charge on any atom is -0.391 e. The number of fused-ring (bicyclic) bond motifs is 1. The summed E-state index contributed by atoms with van der Waals surface area (Å²) in [5.74, 6) is 0. The summed E-state index contributed by atoms with van der Waals surface area (Å²) in [7, 11) is 0. The lowest BCUT2D eigenvalue weighted by Crippen LogP contribution is -1.95. The van der Waals surface area contributed by atoms with Crippen molar-refractivity contribution < 1.29 is 5.11 Å². The van der Waals surface area contributed by atoms with Gasteiger partial charge in [-0.25, -0.2) is 4.52 Å². The van der Waals surface area contributed by atoms with Gasteiger partial charge in [0.2, 0.25) is 0 Å². The van der Waals surface area contributed by atoms with E-state index in [0.29, 0.717) is 0 Å². The van der Waals surface area contributed by atoms with Crippen LogP contribution in [0.25, 0.3) is 5.65 Å². The number of nitrogens with zero attached hydrogens (tertiary/aromatic N) is 3. The van der Waals surface area contributed by atoms with E-state index in [2.05, 4.69) is 16.6 Å². The summed E-state index contributed by atoms with van der Waals surface area (Å²) in [5.41, 5.74) is 2.83. The van der Waals surface area contributed by atoms with Crippen LogP contribution in [0.3, 0.4) is 0 Å². The molecule has 2 heterocycles. The molecule has 0 amide bonds. The van der Waals surface area contributed by atoms with Crippen molar-refractivity contribution in [3.05, 3.63) is 23.7 Å². The molecule has 0 spiro atoms. The minimum atomic E-state index is 0.0549. The lowest BCUT2D eigenvalue weighted by molar-refractivity contribution is 0.282. The van der Waals surface area contributed by atoms with E-state index in [4.69, 9.17) is 0 Å². The van der Waals surface area contributed by atoms with Gasteiger partial charge in [0.05, 0.1) is 12.3 Å². The summed E-state index contributed by atoms with van der Waals surface area (Å²) >= 11 is 0. The van der Waals surface area contributed by atoms with Gasteiger partial charge in [0, 0.05) is 24.5 Å². The van der Waals surface area contributed by atoms with Crippen LogP contribution in [0.4, 0.5) is 0 Å². The molecule has 0 atom stereocenters. The molecule has 0 saturated carbocycles. The summed E-state index contributed by atoms with van der Waals surface area (Å²) < 4.78 is 3.88. The zero-order valence-corrected chi connectivity index (χ0v) is 7.86. The number of aliphatic hydroxyl groups excluding tert-OH is 1. The van der Waals surface area contributed by atoms with Crippen molar-refractivity contribution in [1.82, 2.24) is 14.2 Å². The van der Waals surface area contributed by atoms with E-state index in [-0.39, 0.29) is 6.61 Å². The van der Waals surface area contributed by atoms with E-state index >= 15 is 0 Å². The topological polar surface area (TPSA) is 42.5 Å². The third-order valence-corrected chi connectivity index (χ3v) is 2.34. The predicted molar refractivity (Wildman–Crippen MR) is 49.5 cm³/mol. The van der Waals surface area contributed by atoms with Crippen molar-refractivity contribution in [2.24, 2.45) is 0 Å². The Kier molecular flexibility index (Phi) is 1.84. The van der Waals surface area contributed by atoms with E-state index in [0.717, 1.165) is 23.4 Å². The Morgan fingerprint density at radius 3 is 2.85 bits per heavy atom. The maximum Gasteiger partial charge on any atom is 0.141 e. The van der Waals surface area contributed by atoms with Crippen LogP contribution < -0.4 is 0 Å². The van der Waals surface area contributed by atoms with Gasteiger partial charge in [-0.05, 0) is 13.8 Å². The van der Waals surface area contributed by atoms with Gasteiger partial charge in [-0.1, -0.05) is 0 Å². The number of aliphatic hydroxyl groups is 1. The van der Waals surface area contributed by atoms with Crippen LogP contribution in [-0.2, 0) is 13.2 Å². The fourth-order valence-electron chi connectivity index (χ4n) is 1.63. The van der Waals surface area contributed by atoms with Crippen molar-refractivity contribution >= 4 is 5.65 Å². The van der Waals surface area contributed by atoms with Crippen molar-refractivity contribution in [2.45, 2.75) is 27.0 Å². The molecule has 0 saturated heterocycles. The van der Waals surface area contributed by atoms with E-state index in [1.807, 2.05) is 23.8 Å². The molecule has 4 nitrogen and oxygen atoms in total. The predicted octanol–water partition coefficient (Wildman–Crippen LogP) is 0.956. The second-order valence-electron chi connectivity index (χ2n) is 3.07. The summed E-state index contributed by atoms with van der Waals surface area (Å²) in [6, 6.07) is 0. The summed E-state index contributed by atoms with van der Waals surface area (Å²) in [4.78, 5) is 0. The second-order valence-corrected chi connectivity index (χ2v) is 3.07. The highest BCUT2D eigenvalue weighted by molar-refractivity contribution is 5.50. The normalized spacial score (nSPS) is 11.3. The standard InChI is InChI=1S/C9H13N3O/c1-3-11-4-5-12-9(11)8(6-13)7(2)10-12/h4-5,13H,3,6H2,1-2H3. The molecule has 0 aromatic carbocycles. The van der Waals surface area contributed by atoms with Crippen molar-refractivity contribution in [3.63, 3.8) is 0 Å². The first-order valence-corrected chi connectivity index (χ1v) is 4.41. The maximum atomic E-state index is 9.18.